The second-order valence-electron chi connectivity index (χ2n) is 5.80. The van der Waals surface area contributed by atoms with Crippen LogP contribution in [0.2, 0.25) is 10.0 Å². The van der Waals surface area contributed by atoms with Crippen LogP contribution in [0.3, 0.4) is 0 Å². The van der Waals surface area contributed by atoms with E-state index in [0.29, 0.717) is 38.2 Å². The smallest absolute Gasteiger partial charge is 0.347 e. The Morgan fingerprint density at radius 1 is 1.22 bits per heavy atom. The van der Waals surface area contributed by atoms with Gasteiger partial charge in [-0.25, -0.2) is 19.4 Å². The van der Waals surface area contributed by atoms with Gasteiger partial charge in [0.2, 0.25) is 5.89 Å². The van der Waals surface area contributed by atoms with Gasteiger partial charge in [0.25, 0.3) is 0 Å². The monoisotopic (exact) mass is 420 g/mol. The fraction of sp³-hybridized carbons (Fsp3) is 0.111. The van der Waals surface area contributed by atoms with Crippen molar-refractivity contribution in [3.8, 4) is 17.4 Å². The Morgan fingerprint density at radius 3 is 2.78 bits per heavy atom. The molecule has 0 bridgehead atoms. The van der Waals surface area contributed by atoms with E-state index in [9.17, 15) is 4.79 Å². The molecule has 0 radical (unpaired) electrons. The first kappa shape index (κ1) is 18.0. The molecule has 0 spiro atoms. The summed E-state index contributed by atoms with van der Waals surface area (Å²) >= 11 is 18.2. The standard InChI is InChI=1S/C18H11Cl3N4O2/c1-9-5-10(20)6-12-15(9)23-17(27-18(12)26)14-7-11(8-19)24-25(14)16-13(21)3-2-4-22-16/h2-7H,8H2,1H3. The number of aromatic nitrogens is 4. The van der Waals surface area contributed by atoms with Crippen molar-refractivity contribution in [3.63, 3.8) is 0 Å². The van der Waals surface area contributed by atoms with Crippen molar-refractivity contribution in [1.82, 2.24) is 19.7 Å². The normalized spacial score (nSPS) is 11.3. The van der Waals surface area contributed by atoms with Crippen LogP contribution in [0.15, 0.2) is 45.7 Å². The van der Waals surface area contributed by atoms with Crippen LogP contribution < -0.4 is 5.63 Å². The molecule has 0 atom stereocenters. The third-order valence-electron chi connectivity index (χ3n) is 3.94. The zero-order valence-corrected chi connectivity index (χ0v) is 16.2. The summed E-state index contributed by atoms with van der Waals surface area (Å²) in [5.41, 5.74) is 1.68. The molecule has 0 fully saturated rings. The Morgan fingerprint density at radius 2 is 2.04 bits per heavy atom. The van der Waals surface area contributed by atoms with Crippen LogP contribution >= 0.6 is 34.8 Å². The third-order valence-corrected chi connectivity index (χ3v) is 4.73. The van der Waals surface area contributed by atoms with E-state index in [1.807, 2.05) is 6.92 Å². The Labute approximate surface area is 168 Å². The van der Waals surface area contributed by atoms with E-state index < -0.39 is 5.63 Å². The fourth-order valence-electron chi connectivity index (χ4n) is 2.76. The number of fused-ring (bicyclic) bond motifs is 1. The summed E-state index contributed by atoms with van der Waals surface area (Å²) in [6.07, 6.45) is 1.59. The number of halogens is 3. The number of alkyl halides is 1. The first-order valence-electron chi connectivity index (χ1n) is 7.85. The van der Waals surface area contributed by atoms with Gasteiger partial charge in [-0.1, -0.05) is 23.2 Å². The highest BCUT2D eigenvalue weighted by atomic mass is 35.5. The molecule has 0 saturated heterocycles. The van der Waals surface area contributed by atoms with Crippen LogP contribution in [0, 0.1) is 6.92 Å². The average molecular weight is 422 g/mol. The van der Waals surface area contributed by atoms with Crippen molar-refractivity contribution < 1.29 is 4.42 Å². The largest absolute Gasteiger partial charge is 0.401 e. The van der Waals surface area contributed by atoms with Crippen molar-refractivity contribution in [2.75, 3.05) is 0 Å². The van der Waals surface area contributed by atoms with Crippen LogP contribution in [0.25, 0.3) is 28.3 Å². The maximum atomic E-state index is 12.5. The molecule has 136 valence electrons. The van der Waals surface area contributed by atoms with Gasteiger partial charge >= 0.3 is 5.63 Å². The van der Waals surface area contributed by atoms with Crippen molar-refractivity contribution in [3.05, 3.63) is 68.3 Å². The minimum Gasteiger partial charge on any atom is -0.401 e. The zero-order valence-electron chi connectivity index (χ0n) is 13.9. The topological polar surface area (TPSA) is 73.8 Å². The minimum atomic E-state index is -0.548. The van der Waals surface area contributed by atoms with Crippen LogP contribution in [-0.2, 0) is 5.88 Å². The molecule has 0 aliphatic carbocycles. The highest BCUT2D eigenvalue weighted by Gasteiger charge is 2.19. The van der Waals surface area contributed by atoms with Crippen LogP contribution in [0.1, 0.15) is 11.3 Å². The molecule has 6 nitrogen and oxygen atoms in total. The molecule has 0 aliphatic heterocycles. The van der Waals surface area contributed by atoms with Gasteiger partial charge in [0.1, 0.15) is 5.69 Å². The Hall–Kier alpha value is -2.41. The molecule has 3 aromatic heterocycles. The molecular formula is C18H11Cl3N4O2. The summed E-state index contributed by atoms with van der Waals surface area (Å²) in [5.74, 6) is 0.628. The molecule has 0 N–H and O–H groups in total. The summed E-state index contributed by atoms with van der Waals surface area (Å²) in [4.78, 5) is 21.3. The summed E-state index contributed by atoms with van der Waals surface area (Å²) < 4.78 is 6.91. The van der Waals surface area contributed by atoms with Crippen molar-refractivity contribution in [1.29, 1.82) is 0 Å². The lowest BCUT2D eigenvalue weighted by atomic mass is 10.1. The number of hydrogen-bond donors (Lipinski definition) is 0. The summed E-state index contributed by atoms with van der Waals surface area (Å²) in [5, 5.41) is 5.53. The second kappa shape index (κ2) is 6.96. The maximum absolute atomic E-state index is 12.5. The van der Waals surface area contributed by atoms with E-state index in [0.717, 1.165) is 5.56 Å². The zero-order chi connectivity index (χ0) is 19.1. The van der Waals surface area contributed by atoms with E-state index in [2.05, 4.69) is 15.1 Å². The fourth-order valence-corrected chi connectivity index (χ4v) is 3.36. The van der Waals surface area contributed by atoms with Gasteiger partial charge in [-0.15, -0.1) is 11.6 Å². The van der Waals surface area contributed by atoms with Gasteiger partial charge in [-0.3, -0.25) is 0 Å². The van der Waals surface area contributed by atoms with E-state index in [1.54, 1.807) is 30.5 Å². The number of nitrogens with zero attached hydrogens (tertiary/aromatic N) is 4. The molecule has 3 heterocycles. The predicted octanol–water partition coefficient (Wildman–Crippen LogP) is 4.79. The Kier molecular flexibility index (Phi) is 4.63. The molecule has 4 rings (SSSR count). The lowest BCUT2D eigenvalue weighted by Gasteiger charge is -2.08. The maximum Gasteiger partial charge on any atom is 0.347 e. The van der Waals surface area contributed by atoms with E-state index in [-0.39, 0.29) is 11.8 Å². The first-order chi connectivity index (χ1) is 13.0. The lowest BCUT2D eigenvalue weighted by molar-refractivity contribution is 0.513. The van der Waals surface area contributed by atoms with Gasteiger partial charge < -0.3 is 4.42 Å². The van der Waals surface area contributed by atoms with Gasteiger partial charge in [0, 0.05) is 11.2 Å². The predicted molar refractivity (Wildman–Crippen MR) is 105 cm³/mol. The second-order valence-corrected chi connectivity index (χ2v) is 6.91. The quantitative estimate of drug-likeness (QED) is 0.445. The minimum absolute atomic E-state index is 0.0866. The highest BCUT2D eigenvalue weighted by Crippen LogP contribution is 2.28. The van der Waals surface area contributed by atoms with Crippen LogP contribution in [0.4, 0.5) is 0 Å². The third kappa shape index (κ3) is 3.20. The molecule has 0 unspecified atom stereocenters. The SMILES string of the molecule is Cc1cc(Cl)cc2c(=O)oc(-c3cc(CCl)nn3-c3ncccc3Cl)nc12. The molecule has 4 aromatic rings. The van der Waals surface area contributed by atoms with Gasteiger partial charge in [-0.05, 0) is 42.8 Å². The number of rotatable bonds is 3. The van der Waals surface area contributed by atoms with Crippen molar-refractivity contribution in [2.24, 2.45) is 0 Å². The number of hydrogen-bond acceptors (Lipinski definition) is 5. The van der Waals surface area contributed by atoms with Gasteiger partial charge in [0.05, 0.1) is 27.5 Å². The van der Waals surface area contributed by atoms with Crippen molar-refractivity contribution in [2.45, 2.75) is 12.8 Å². The lowest BCUT2D eigenvalue weighted by Crippen LogP contribution is -2.08. The number of benzene rings is 1. The Bertz CT molecular complexity index is 1230. The van der Waals surface area contributed by atoms with Gasteiger partial charge in [-0.2, -0.15) is 5.10 Å². The van der Waals surface area contributed by atoms with E-state index in [4.69, 9.17) is 39.2 Å². The highest BCUT2D eigenvalue weighted by molar-refractivity contribution is 6.32. The first-order valence-corrected chi connectivity index (χ1v) is 9.14. The van der Waals surface area contributed by atoms with Crippen LogP contribution in [-0.4, -0.2) is 19.7 Å². The molecule has 0 saturated carbocycles. The molecule has 9 heteroatoms. The van der Waals surface area contributed by atoms with Crippen LogP contribution in [0.5, 0.6) is 0 Å². The summed E-state index contributed by atoms with van der Waals surface area (Å²) in [6, 6.07) is 8.34. The molecule has 0 aliphatic rings. The van der Waals surface area contributed by atoms with Crippen molar-refractivity contribution >= 4 is 45.7 Å². The summed E-state index contributed by atoms with van der Waals surface area (Å²) in [7, 11) is 0. The molecular weight excluding hydrogens is 411 g/mol. The molecule has 27 heavy (non-hydrogen) atoms. The molecule has 0 amide bonds. The number of aryl methyl sites for hydroxylation is 1. The number of pyridine rings is 1. The van der Waals surface area contributed by atoms with E-state index >= 15 is 0 Å². The average Bonchev–Trinajstić information content (AvgIpc) is 3.07. The Balaban J connectivity index is 2.01. The van der Waals surface area contributed by atoms with E-state index in [1.165, 1.54) is 10.7 Å². The van der Waals surface area contributed by atoms with Gasteiger partial charge in [0.15, 0.2) is 5.82 Å². The summed E-state index contributed by atoms with van der Waals surface area (Å²) in [6.45, 7) is 1.82. The molecule has 1 aromatic carbocycles.